The van der Waals surface area contributed by atoms with Gasteiger partial charge in [0.15, 0.2) is 0 Å². The first-order valence-corrected chi connectivity index (χ1v) is 4.83. The molecule has 0 radical (unpaired) electrons. The number of hydrogen-bond donors (Lipinski definition) is 2. The first-order chi connectivity index (χ1) is 6.18. The molecule has 0 aromatic rings. The van der Waals surface area contributed by atoms with Gasteiger partial charge in [0.05, 0.1) is 13.2 Å². The van der Waals surface area contributed by atoms with Crippen LogP contribution in [0.1, 0.15) is 13.8 Å². The maximum atomic E-state index is 11.3. The fourth-order valence-electron chi connectivity index (χ4n) is 1.91. The fourth-order valence-corrected chi connectivity index (χ4v) is 1.91. The van der Waals surface area contributed by atoms with E-state index in [2.05, 4.69) is 10.6 Å². The predicted octanol–water partition coefficient (Wildman–Crippen LogP) is 0.339. The number of ether oxygens (including phenoxy) is 1. The number of rotatable bonds is 2. The normalized spacial score (nSPS) is 35.8. The summed E-state index contributed by atoms with van der Waals surface area (Å²) >= 11 is 0. The Morgan fingerprint density at radius 1 is 1.38 bits per heavy atom. The molecule has 1 heterocycles. The van der Waals surface area contributed by atoms with Crippen molar-refractivity contribution in [2.45, 2.75) is 25.9 Å². The van der Waals surface area contributed by atoms with E-state index in [1.807, 2.05) is 13.8 Å². The van der Waals surface area contributed by atoms with E-state index in [1.54, 1.807) is 0 Å². The van der Waals surface area contributed by atoms with Crippen LogP contribution in [0, 0.1) is 11.8 Å². The molecule has 1 saturated heterocycles. The van der Waals surface area contributed by atoms with Crippen LogP contribution in [0.25, 0.3) is 0 Å². The molecule has 1 saturated carbocycles. The minimum absolute atomic E-state index is 0.0469. The van der Waals surface area contributed by atoms with Gasteiger partial charge in [-0.1, -0.05) is 0 Å². The third-order valence-electron chi connectivity index (χ3n) is 2.67. The largest absolute Gasteiger partial charge is 0.381 e. The van der Waals surface area contributed by atoms with Gasteiger partial charge < -0.3 is 15.4 Å². The molecule has 4 heteroatoms. The zero-order valence-corrected chi connectivity index (χ0v) is 8.04. The van der Waals surface area contributed by atoms with Crippen LogP contribution in [0.2, 0.25) is 0 Å². The third-order valence-corrected chi connectivity index (χ3v) is 2.67. The summed E-state index contributed by atoms with van der Waals surface area (Å²) in [4.78, 5) is 11.3. The Kier molecular flexibility index (Phi) is 2.15. The lowest BCUT2D eigenvalue weighted by atomic mass is 10.4. The second kappa shape index (κ2) is 3.18. The highest BCUT2D eigenvalue weighted by molar-refractivity contribution is 5.75. The zero-order valence-electron chi connectivity index (χ0n) is 8.04. The summed E-state index contributed by atoms with van der Waals surface area (Å²) in [5.41, 5.74) is 0. The Bertz CT molecular complexity index is 208. The van der Waals surface area contributed by atoms with E-state index < -0.39 is 0 Å². The highest BCUT2D eigenvalue weighted by atomic mass is 16.5. The van der Waals surface area contributed by atoms with E-state index in [-0.39, 0.29) is 12.1 Å². The van der Waals surface area contributed by atoms with Crippen LogP contribution in [0.5, 0.6) is 0 Å². The molecule has 2 amide bonds. The number of urea groups is 1. The average molecular weight is 184 g/mol. The first kappa shape index (κ1) is 8.81. The molecular weight excluding hydrogens is 168 g/mol. The molecule has 0 bridgehead atoms. The van der Waals surface area contributed by atoms with E-state index in [1.165, 1.54) is 0 Å². The topological polar surface area (TPSA) is 50.4 Å². The van der Waals surface area contributed by atoms with Gasteiger partial charge in [0.1, 0.15) is 0 Å². The number of hydrogen-bond acceptors (Lipinski definition) is 2. The van der Waals surface area contributed by atoms with Gasteiger partial charge in [-0.05, 0) is 13.8 Å². The van der Waals surface area contributed by atoms with Gasteiger partial charge in [-0.15, -0.1) is 0 Å². The minimum atomic E-state index is -0.0469. The summed E-state index contributed by atoms with van der Waals surface area (Å²) in [6.07, 6.45) is 0. The van der Waals surface area contributed by atoms with Crippen molar-refractivity contribution in [1.29, 1.82) is 0 Å². The molecule has 1 aliphatic carbocycles. The standard InChI is InChI=1S/C9H16N2O2/c1-5(2)10-9(12)11-8-6-3-13-4-7(6)8/h5-8H,3-4H2,1-2H3,(H2,10,11,12)/t6-,7-/m0/s1. The monoisotopic (exact) mass is 184 g/mol. The molecule has 2 rings (SSSR count). The maximum Gasteiger partial charge on any atom is 0.315 e. The van der Waals surface area contributed by atoms with Gasteiger partial charge in [0.2, 0.25) is 0 Å². The summed E-state index contributed by atoms with van der Waals surface area (Å²) < 4.78 is 5.23. The lowest BCUT2D eigenvalue weighted by Gasteiger charge is -2.11. The minimum Gasteiger partial charge on any atom is -0.381 e. The smallest absolute Gasteiger partial charge is 0.315 e. The molecule has 74 valence electrons. The molecule has 0 spiro atoms. The van der Waals surface area contributed by atoms with E-state index in [0.29, 0.717) is 17.9 Å². The molecule has 0 aromatic carbocycles. The Balaban J connectivity index is 1.71. The van der Waals surface area contributed by atoms with Crippen LogP contribution in [0.4, 0.5) is 4.79 Å². The van der Waals surface area contributed by atoms with E-state index in [4.69, 9.17) is 4.74 Å². The first-order valence-electron chi connectivity index (χ1n) is 4.83. The molecule has 0 aromatic heterocycles. The quantitative estimate of drug-likeness (QED) is 0.650. The Morgan fingerprint density at radius 2 is 2.00 bits per heavy atom. The van der Waals surface area contributed by atoms with Gasteiger partial charge in [0, 0.05) is 23.9 Å². The number of nitrogens with one attached hydrogen (secondary N) is 2. The molecule has 0 unspecified atom stereocenters. The van der Waals surface area contributed by atoms with Crippen LogP contribution in [0.3, 0.4) is 0 Å². The lowest BCUT2D eigenvalue weighted by molar-refractivity contribution is 0.156. The SMILES string of the molecule is CC(C)NC(=O)NC1[C@H]2COC[C@H]12. The Hall–Kier alpha value is -0.770. The van der Waals surface area contributed by atoms with E-state index in [0.717, 1.165) is 13.2 Å². The summed E-state index contributed by atoms with van der Waals surface area (Å²) in [5.74, 6) is 1.16. The molecule has 1 aliphatic heterocycles. The van der Waals surface area contributed by atoms with Crippen molar-refractivity contribution in [2.75, 3.05) is 13.2 Å². The summed E-state index contributed by atoms with van der Waals surface area (Å²) in [7, 11) is 0. The van der Waals surface area contributed by atoms with E-state index >= 15 is 0 Å². The van der Waals surface area contributed by atoms with Crippen molar-refractivity contribution in [3.8, 4) is 0 Å². The van der Waals surface area contributed by atoms with Crippen molar-refractivity contribution < 1.29 is 9.53 Å². The van der Waals surface area contributed by atoms with Crippen LogP contribution >= 0.6 is 0 Å². The number of carbonyl (C=O) groups is 1. The maximum absolute atomic E-state index is 11.3. The highest BCUT2D eigenvalue weighted by Gasteiger charge is 2.54. The van der Waals surface area contributed by atoms with E-state index in [9.17, 15) is 4.79 Å². The fraction of sp³-hybridized carbons (Fsp3) is 0.889. The van der Waals surface area contributed by atoms with Gasteiger partial charge >= 0.3 is 6.03 Å². The Labute approximate surface area is 78.0 Å². The van der Waals surface area contributed by atoms with Crippen LogP contribution in [-0.2, 0) is 4.74 Å². The molecule has 2 atom stereocenters. The van der Waals surface area contributed by atoms with Crippen molar-refractivity contribution >= 4 is 6.03 Å². The van der Waals surface area contributed by atoms with Crippen molar-refractivity contribution in [2.24, 2.45) is 11.8 Å². The van der Waals surface area contributed by atoms with Crippen LogP contribution in [-0.4, -0.2) is 31.3 Å². The number of amides is 2. The van der Waals surface area contributed by atoms with Crippen molar-refractivity contribution in [3.63, 3.8) is 0 Å². The predicted molar refractivity (Wildman–Crippen MR) is 48.4 cm³/mol. The highest BCUT2D eigenvalue weighted by Crippen LogP contribution is 2.43. The molecule has 4 nitrogen and oxygen atoms in total. The zero-order chi connectivity index (χ0) is 9.42. The van der Waals surface area contributed by atoms with Gasteiger partial charge in [0.25, 0.3) is 0 Å². The summed E-state index contributed by atoms with van der Waals surface area (Å²) in [6, 6.07) is 0.525. The van der Waals surface area contributed by atoms with Crippen LogP contribution < -0.4 is 10.6 Å². The summed E-state index contributed by atoms with van der Waals surface area (Å²) in [6.45, 7) is 5.54. The third kappa shape index (κ3) is 1.77. The molecular formula is C9H16N2O2. The number of fused-ring (bicyclic) bond motifs is 1. The average Bonchev–Trinajstić information content (AvgIpc) is 2.51. The van der Waals surface area contributed by atoms with Gasteiger partial charge in [-0.3, -0.25) is 0 Å². The second-order valence-electron chi connectivity index (χ2n) is 4.16. The Morgan fingerprint density at radius 3 is 2.54 bits per heavy atom. The molecule has 2 fully saturated rings. The molecule has 2 aliphatic rings. The molecule has 2 N–H and O–H groups in total. The van der Waals surface area contributed by atoms with Crippen molar-refractivity contribution in [3.05, 3.63) is 0 Å². The summed E-state index contributed by atoms with van der Waals surface area (Å²) in [5, 5.41) is 5.77. The number of carbonyl (C=O) groups excluding carboxylic acids is 1. The molecule has 13 heavy (non-hydrogen) atoms. The van der Waals surface area contributed by atoms with Gasteiger partial charge in [-0.25, -0.2) is 4.79 Å². The lowest BCUT2D eigenvalue weighted by Crippen LogP contribution is -2.42. The van der Waals surface area contributed by atoms with Crippen molar-refractivity contribution in [1.82, 2.24) is 10.6 Å². The van der Waals surface area contributed by atoms with Gasteiger partial charge in [-0.2, -0.15) is 0 Å². The second-order valence-corrected chi connectivity index (χ2v) is 4.16. The van der Waals surface area contributed by atoms with Crippen LogP contribution in [0.15, 0.2) is 0 Å².